The number of esters is 1. The third kappa shape index (κ3) is 4.90. The molecule has 3 rings (SSSR count). The Bertz CT molecular complexity index is 1020. The molecular formula is C22H20N2O5. The van der Waals surface area contributed by atoms with Crippen LogP contribution in [0.3, 0.4) is 0 Å². The minimum atomic E-state index is -0.449. The quantitative estimate of drug-likeness (QED) is 0.374. The average Bonchev–Trinajstić information content (AvgIpc) is 3.22. The summed E-state index contributed by atoms with van der Waals surface area (Å²) in [6.07, 6.45) is 1.39. The van der Waals surface area contributed by atoms with E-state index < -0.39 is 5.97 Å². The molecule has 0 unspecified atom stereocenters. The Morgan fingerprint density at radius 1 is 1.07 bits per heavy atom. The smallest absolute Gasteiger partial charge is 0.338 e. The molecule has 1 aromatic heterocycles. The zero-order chi connectivity index (χ0) is 20.6. The van der Waals surface area contributed by atoms with Crippen molar-refractivity contribution in [3.05, 3.63) is 77.6 Å². The van der Waals surface area contributed by atoms with Gasteiger partial charge in [0.25, 0.3) is 5.91 Å². The lowest BCUT2D eigenvalue weighted by Gasteiger charge is -2.04. The van der Waals surface area contributed by atoms with Crippen LogP contribution in [-0.2, 0) is 4.74 Å². The van der Waals surface area contributed by atoms with Crippen LogP contribution in [0.25, 0.3) is 11.3 Å². The van der Waals surface area contributed by atoms with Gasteiger partial charge in [-0.05, 0) is 49.4 Å². The Hall–Kier alpha value is -3.87. The lowest BCUT2D eigenvalue weighted by atomic mass is 10.1. The molecule has 0 radical (unpaired) electrons. The number of furan rings is 1. The summed E-state index contributed by atoms with van der Waals surface area (Å²) >= 11 is 0. The van der Waals surface area contributed by atoms with Crippen LogP contribution in [0.1, 0.15) is 33.4 Å². The van der Waals surface area contributed by atoms with Crippen LogP contribution >= 0.6 is 0 Å². The van der Waals surface area contributed by atoms with Crippen molar-refractivity contribution in [2.45, 2.75) is 6.92 Å². The molecule has 7 heteroatoms. The molecule has 1 amide bonds. The molecule has 0 saturated carbocycles. The number of ether oxygens (including phenoxy) is 2. The van der Waals surface area contributed by atoms with Gasteiger partial charge in [-0.3, -0.25) is 4.79 Å². The maximum atomic E-state index is 12.1. The second-order valence-corrected chi connectivity index (χ2v) is 5.90. The molecular weight excluding hydrogens is 372 g/mol. The number of amides is 1. The molecule has 0 aliphatic carbocycles. The number of carbonyl (C=O) groups is 2. The molecule has 0 bridgehead atoms. The van der Waals surface area contributed by atoms with Gasteiger partial charge in [0.15, 0.2) is 0 Å². The van der Waals surface area contributed by atoms with Crippen LogP contribution in [0.4, 0.5) is 0 Å². The number of hydrogen-bond donors (Lipinski definition) is 1. The van der Waals surface area contributed by atoms with E-state index in [9.17, 15) is 9.59 Å². The van der Waals surface area contributed by atoms with Gasteiger partial charge in [0.1, 0.15) is 17.3 Å². The molecule has 0 spiro atoms. The summed E-state index contributed by atoms with van der Waals surface area (Å²) in [4.78, 5) is 24.0. The van der Waals surface area contributed by atoms with Gasteiger partial charge < -0.3 is 13.9 Å². The third-order valence-electron chi connectivity index (χ3n) is 4.01. The number of benzene rings is 2. The van der Waals surface area contributed by atoms with E-state index in [2.05, 4.69) is 10.5 Å². The van der Waals surface area contributed by atoms with Crippen molar-refractivity contribution in [1.29, 1.82) is 0 Å². The van der Waals surface area contributed by atoms with Crippen molar-refractivity contribution < 1.29 is 23.5 Å². The monoisotopic (exact) mass is 392 g/mol. The molecule has 2 aromatic carbocycles. The van der Waals surface area contributed by atoms with Crippen molar-refractivity contribution in [3.63, 3.8) is 0 Å². The fourth-order valence-electron chi connectivity index (χ4n) is 2.64. The zero-order valence-electron chi connectivity index (χ0n) is 16.0. The van der Waals surface area contributed by atoms with E-state index in [1.54, 1.807) is 60.7 Å². The van der Waals surface area contributed by atoms with Crippen molar-refractivity contribution in [2.24, 2.45) is 5.10 Å². The van der Waals surface area contributed by atoms with Gasteiger partial charge in [-0.1, -0.05) is 18.2 Å². The first-order valence-corrected chi connectivity index (χ1v) is 8.96. The van der Waals surface area contributed by atoms with Crippen LogP contribution in [0.15, 0.2) is 70.2 Å². The number of methoxy groups -OCH3 is 1. The van der Waals surface area contributed by atoms with Crippen LogP contribution in [-0.4, -0.2) is 31.8 Å². The summed E-state index contributed by atoms with van der Waals surface area (Å²) in [6, 6.07) is 17.1. The molecule has 29 heavy (non-hydrogen) atoms. The minimum Gasteiger partial charge on any atom is -0.494 e. The van der Waals surface area contributed by atoms with Gasteiger partial charge in [-0.25, -0.2) is 10.2 Å². The van der Waals surface area contributed by atoms with Gasteiger partial charge in [-0.15, -0.1) is 0 Å². The Morgan fingerprint density at radius 2 is 1.83 bits per heavy atom. The number of carbonyl (C=O) groups excluding carboxylic acids is 2. The summed E-state index contributed by atoms with van der Waals surface area (Å²) in [5.41, 5.74) is 3.91. The lowest BCUT2D eigenvalue weighted by molar-refractivity contribution is 0.0601. The topological polar surface area (TPSA) is 90.1 Å². The highest BCUT2D eigenvalue weighted by atomic mass is 16.5. The third-order valence-corrected chi connectivity index (χ3v) is 4.01. The molecule has 3 aromatic rings. The summed E-state index contributed by atoms with van der Waals surface area (Å²) in [5.74, 6) is 0.807. The van der Waals surface area contributed by atoms with Crippen LogP contribution < -0.4 is 10.2 Å². The van der Waals surface area contributed by atoms with E-state index in [-0.39, 0.29) is 5.91 Å². The van der Waals surface area contributed by atoms with Crippen molar-refractivity contribution in [3.8, 4) is 17.1 Å². The Morgan fingerprint density at radius 3 is 2.55 bits per heavy atom. The molecule has 1 heterocycles. The van der Waals surface area contributed by atoms with Crippen molar-refractivity contribution in [2.75, 3.05) is 13.7 Å². The van der Waals surface area contributed by atoms with E-state index >= 15 is 0 Å². The highest BCUT2D eigenvalue weighted by molar-refractivity contribution is 5.97. The van der Waals surface area contributed by atoms with E-state index in [1.807, 2.05) is 6.92 Å². The van der Waals surface area contributed by atoms with Gasteiger partial charge in [0, 0.05) is 11.1 Å². The van der Waals surface area contributed by atoms with Crippen LogP contribution in [0.5, 0.6) is 5.75 Å². The predicted octanol–water partition coefficient (Wildman–Crippen LogP) is 3.90. The van der Waals surface area contributed by atoms with E-state index in [1.165, 1.54) is 13.3 Å². The van der Waals surface area contributed by atoms with Crippen LogP contribution in [0.2, 0.25) is 0 Å². The standard InChI is InChI=1S/C22H20N2O5/c1-3-28-16-10-8-15(9-11-16)21(25)24-23-14-17-12-13-20(29-17)18-6-4-5-7-19(18)22(26)27-2/h4-14H,3H2,1-2H3,(H,24,25)/b23-14+. The average molecular weight is 392 g/mol. The lowest BCUT2D eigenvalue weighted by Crippen LogP contribution is -2.17. The van der Waals surface area contributed by atoms with E-state index in [0.29, 0.717) is 40.6 Å². The van der Waals surface area contributed by atoms with Gasteiger partial charge in [0.2, 0.25) is 0 Å². The molecule has 0 atom stereocenters. The largest absolute Gasteiger partial charge is 0.494 e. The summed E-state index contributed by atoms with van der Waals surface area (Å²) in [6.45, 7) is 2.45. The minimum absolute atomic E-state index is 0.355. The summed E-state index contributed by atoms with van der Waals surface area (Å²) in [7, 11) is 1.33. The number of nitrogens with one attached hydrogen (secondary N) is 1. The zero-order valence-corrected chi connectivity index (χ0v) is 16.0. The molecule has 7 nitrogen and oxygen atoms in total. The molecule has 0 fully saturated rings. The highest BCUT2D eigenvalue weighted by Crippen LogP contribution is 2.26. The van der Waals surface area contributed by atoms with Gasteiger partial charge in [-0.2, -0.15) is 5.10 Å². The second-order valence-electron chi connectivity index (χ2n) is 5.90. The van der Waals surface area contributed by atoms with E-state index in [0.717, 1.165) is 0 Å². The molecule has 1 N–H and O–H groups in total. The van der Waals surface area contributed by atoms with Crippen molar-refractivity contribution in [1.82, 2.24) is 5.43 Å². The van der Waals surface area contributed by atoms with E-state index in [4.69, 9.17) is 13.9 Å². The van der Waals surface area contributed by atoms with Gasteiger partial charge >= 0.3 is 5.97 Å². The second kappa shape index (κ2) is 9.36. The first kappa shape index (κ1) is 19.9. The summed E-state index contributed by atoms with van der Waals surface area (Å²) in [5, 5.41) is 3.92. The maximum Gasteiger partial charge on any atom is 0.338 e. The fourth-order valence-corrected chi connectivity index (χ4v) is 2.64. The maximum absolute atomic E-state index is 12.1. The van der Waals surface area contributed by atoms with Gasteiger partial charge in [0.05, 0.1) is 25.5 Å². The fraction of sp³-hybridized carbons (Fsp3) is 0.136. The first-order chi connectivity index (χ1) is 14.1. The number of hydrogen-bond acceptors (Lipinski definition) is 6. The molecule has 0 aliphatic rings. The van der Waals surface area contributed by atoms with Crippen molar-refractivity contribution >= 4 is 18.1 Å². The SMILES string of the molecule is CCOc1ccc(C(=O)N/N=C/c2ccc(-c3ccccc3C(=O)OC)o2)cc1. The predicted molar refractivity (Wildman–Crippen MR) is 108 cm³/mol. The number of rotatable bonds is 7. The highest BCUT2D eigenvalue weighted by Gasteiger charge is 2.15. The Kier molecular flexibility index (Phi) is 6.42. The Balaban J connectivity index is 1.67. The molecule has 0 saturated heterocycles. The number of hydrazone groups is 1. The first-order valence-electron chi connectivity index (χ1n) is 8.96. The molecule has 0 aliphatic heterocycles. The summed E-state index contributed by atoms with van der Waals surface area (Å²) < 4.78 is 15.9. The Labute approximate surface area is 167 Å². The number of nitrogens with zero attached hydrogens (tertiary/aromatic N) is 1. The van der Waals surface area contributed by atoms with Crippen LogP contribution in [0, 0.1) is 0 Å². The molecule has 148 valence electrons. The normalized spacial score (nSPS) is 10.7.